The van der Waals surface area contributed by atoms with Crippen molar-refractivity contribution < 1.29 is 27.8 Å². The Balaban J connectivity index is 3.29. The van der Waals surface area contributed by atoms with E-state index in [0.717, 1.165) is 0 Å². The number of halogens is 3. The molecule has 0 saturated heterocycles. The molecule has 1 aromatic heterocycles. The third-order valence-corrected chi connectivity index (χ3v) is 1.56. The Labute approximate surface area is 92.0 Å². The molecule has 3 N–H and O–H groups in total. The Bertz CT molecular complexity index is 507. The van der Waals surface area contributed by atoms with Crippen LogP contribution in [-0.4, -0.2) is 22.4 Å². The van der Waals surface area contributed by atoms with Gasteiger partial charge < -0.3 is 15.6 Å². The number of carboxylic acid groups (broad SMARTS) is 1. The molecule has 0 aliphatic heterocycles. The second-order valence-electron chi connectivity index (χ2n) is 2.74. The van der Waals surface area contributed by atoms with Crippen LogP contribution in [0.25, 0.3) is 0 Å². The minimum Gasteiger partial charge on any atom is -0.478 e. The Kier molecular flexibility index (Phi) is 3.08. The average Bonchev–Trinajstić information content (AvgIpc) is 2.18. The van der Waals surface area contributed by atoms with E-state index in [1.165, 1.54) is 6.07 Å². The maximum atomic E-state index is 11.9. The second-order valence-corrected chi connectivity index (χ2v) is 2.74. The van der Waals surface area contributed by atoms with Gasteiger partial charge in [-0.25, -0.2) is 4.79 Å². The second kappa shape index (κ2) is 4.17. The predicted molar refractivity (Wildman–Crippen MR) is 47.0 cm³/mol. The van der Waals surface area contributed by atoms with Gasteiger partial charge in [-0.2, -0.15) is 10.2 Å². The van der Waals surface area contributed by atoms with E-state index in [1.54, 1.807) is 0 Å². The maximum absolute atomic E-state index is 11.9. The van der Waals surface area contributed by atoms with E-state index in [9.17, 15) is 18.0 Å². The van der Waals surface area contributed by atoms with Crippen LogP contribution < -0.4 is 10.5 Å². The zero-order valence-electron chi connectivity index (χ0n) is 7.95. The molecule has 0 aromatic carbocycles. The summed E-state index contributed by atoms with van der Waals surface area (Å²) in [6.07, 6.45) is -5.03. The van der Waals surface area contributed by atoms with E-state index in [2.05, 4.69) is 9.72 Å². The van der Waals surface area contributed by atoms with Gasteiger partial charge in [-0.05, 0) is 6.07 Å². The van der Waals surface area contributed by atoms with E-state index in [-0.39, 0.29) is 0 Å². The number of anilines is 1. The molecule has 0 spiro atoms. The molecule has 0 fully saturated rings. The lowest BCUT2D eigenvalue weighted by molar-refractivity contribution is -0.275. The van der Waals surface area contributed by atoms with E-state index >= 15 is 0 Å². The van der Waals surface area contributed by atoms with Crippen LogP contribution in [0.4, 0.5) is 18.9 Å². The van der Waals surface area contributed by atoms with Crippen LogP contribution in [0.3, 0.4) is 0 Å². The number of nitrogens with zero attached hydrogens (tertiary/aromatic N) is 2. The quantitative estimate of drug-likeness (QED) is 0.810. The molecule has 1 aromatic rings. The molecule has 0 radical (unpaired) electrons. The normalized spacial score (nSPS) is 10.7. The topological polar surface area (TPSA) is 109 Å². The summed E-state index contributed by atoms with van der Waals surface area (Å²) in [7, 11) is 0. The first kappa shape index (κ1) is 12.6. The number of aromatic carboxylic acids is 1. The Hall–Kier alpha value is -2.50. The van der Waals surface area contributed by atoms with E-state index in [4.69, 9.17) is 16.1 Å². The van der Waals surface area contributed by atoms with Crippen LogP contribution in [0, 0.1) is 11.3 Å². The molecule has 0 bridgehead atoms. The Morgan fingerprint density at radius 2 is 2.18 bits per heavy atom. The van der Waals surface area contributed by atoms with Crippen molar-refractivity contribution in [2.75, 3.05) is 5.73 Å². The van der Waals surface area contributed by atoms with Crippen molar-refractivity contribution in [2.24, 2.45) is 0 Å². The zero-order chi connectivity index (χ0) is 13.2. The minimum absolute atomic E-state index is 0.598. The lowest BCUT2D eigenvalue weighted by Gasteiger charge is -2.10. The van der Waals surface area contributed by atoms with Crippen LogP contribution in [0.1, 0.15) is 16.1 Å². The standard InChI is InChI=1S/C8H4F3N3O3/c9-8(10,11)17-6-4(13)1-3(7(15)16)5(2-12)14-6/h1H,13H2,(H,15,16). The number of nitrogen functional groups attached to an aromatic ring is 1. The van der Waals surface area contributed by atoms with Crippen LogP contribution >= 0.6 is 0 Å². The molecule has 1 rings (SSSR count). The van der Waals surface area contributed by atoms with Crippen LogP contribution in [0.2, 0.25) is 0 Å². The zero-order valence-corrected chi connectivity index (χ0v) is 7.95. The minimum atomic E-state index is -5.03. The molecular weight excluding hydrogens is 243 g/mol. The molecule has 0 aliphatic rings. The van der Waals surface area contributed by atoms with Gasteiger partial charge >= 0.3 is 12.3 Å². The number of ether oxygens (including phenoxy) is 1. The largest absolute Gasteiger partial charge is 0.574 e. The van der Waals surface area contributed by atoms with Gasteiger partial charge in [-0.3, -0.25) is 0 Å². The highest BCUT2D eigenvalue weighted by Crippen LogP contribution is 2.27. The van der Waals surface area contributed by atoms with Crippen molar-refractivity contribution in [2.45, 2.75) is 6.36 Å². The van der Waals surface area contributed by atoms with Crippen LogP contribution in [0.5, 0.6) is 5.88 Å². The summed E-state index contributed by atoms with van der Waals surface area (Å²) < 4.78 is 39.1. The van der Waals surface area contributed by atoms with Gasteiger partial charge in [0.1, 0.15) is 6.07 Å². The third kappa shape index (κ3) is 2.97. The first-order valence-electron chi connectivity index (χ1n) is 3.94. The summed E-state index contributed by atoms with van der Waals surface area (Å²) in [5.41, 5.74) is 3.19. The molecule has 1 heterocycles. The summed E-state index contributed by atoms with van der Waals surface area (Å²) in [4.78, 5) is 13.7. The summed E-state index contributed by atoms with van der Waals surface area (Å²) in [5.74, 6) is -2.58. The summed E-state index contributed by atoms with van der Waals surface area (Å²) in [6, 6.07) is 2.01. The maximum Gasteiger partial charge on any atom is 0.574 e. The first-order valence-corrected chi connectivity index (χ1v) is 3.94. The fraction of sp³-hybridized carbons (Fsp3) is 0.125. The molecule has 0 saturated carbocycles. The fourth-order valence-electron chi connectivity index (χ4n) is 0.952. The molecule has 17 heavy (non-hydrogen) atoms. The van der Waals surface area contributed by atoms with Crippen molar-refractivity contribution >= 4 is 11.7 Å². The van der Waals surface area contributed by atoms with Gasteiger partial charge in [0.05, 0.1) is 11.3 Å². The molecule has 0 atom stereocenters. The molecule has 0 aliphatic carbocycles. The number of pyridine rings is 1. The first-order chi connectivity index (χ1) is 7.74. The number of nitriles is 1. The van der Waals surface area contributed by atoms with Gasteiger partial charge in [0.25, 0.3) is 0 Å². The molecule has 0 unspecified atom stereocenters. The van der Waals surface area contributed by atoms with E-state index in [1.807, 2.05) is 0 Å². The van der Waals surface area contributed by atoms with Gasteiger partial charge in [0, 0.05) is 0 Å². The number of nitrogens with two attached hydrogens (primary N) is 1. The molecule has 9 heteroatoms. The van der Waals surface area contributed by atoms with Crippen molar-refractivity contribution in [1.82, 2.24) is 4.98 Å². The Morgan fingerprint density at radius 3 is 2.59 bits per heavy atom. The lowest BCUT2D eigenvalue weighted by Crippen LogP contribution is -2.19. The van der Waals surface area contributed by atoms with Crippen LogP contribution in [-0.2, 0) is 0 Å². The smallest absolute Gasteiger partial charge is 0.478 e. The summed E-state index contributed by atoms with van der Waals surface area (Å²) in [6.45, 7) is 0. The van der Waals surface area contributed by atoms with Gasteiger partial charge in [0.15, 0.2) is 5.69 Å². The van der Waals surface area contributed by atoms with Gasteiger partial charge in [0.2, 0.25) is 5.88 Å². The number of aromatic nitrogens is 1. The third-order valence-electron chi connectivity index (χ3n) is 1.56. The number of hydrogen-bond acceptors (Lipinski definition) is 5. The SMILES string of the molecule is N#Cc1nc(OC(F)(F)F)c(N)cc1C(=O)O. The highest BCUT2D eigenvalue weighted by Gasteiger charge is 2.33. The number of hydrogen-bond donors (Lipinski definition) is 2. The highest BCUT2D eigenvalue weighted by molar-refractivity contribution is 5.91. The van der Waals surface area contributed by atoms with E-state index < -0.39 is 35.2 Å². The van der Waals surface area contributed by atoms with Crippen molar-refractivity contribution in [1.29, 1.82) is 5.26 Å². The van der Waals surface area contributed by atoms with Gasteiger partial charge in [-0.15, -0.1) is 13.2 Å². The molecule has 6 nitrogen and oxygen atoms in total. The number of rotatable bonds is 2. The van der Waals surface area contributed by atoms with Crippen molar-refractivity contribution in [3.05, 3.63) is 17.3 Å². The molecule has 90 valence electrons. The van der Waals surface area contributed by atoms with Crippen molar-refractivity contribution in [3.8, 4) is 11.9 Å². The number of carboxylic acids is 1. The van der Waals surface area contributed by atoms with Crippen LogP contribution in [0.15, 0.2) is 6.07 Å². The molecule has 0 amide bonds. The van der Waals surface area contributed by atoms with Gasteiger partial charge in [-0.1, -0.05) is 0 Å². The number of alkyl halides is 3. The lowest BCUT2D eigenvalue weighted by atomic mass is 10.2. The predicted octanol–water partition coefficient (Wildman–Crippen LogP) is 1.13. The summed E-state index contributed by atoms with van der Waals surface area (Å²) in [5, 5.41) is 17.2. The highest BCUT2D eigenvalue weighted by atomic mass is 19.4. The average molecular weight is 247 g/mol. The Morgan fingerprint density at radius 1 is 1.59 bits per heavy atom. The monoisotopic (exact) mass is 247 g/mol. The van der Waals surface area contributed by atoms with E-state index in [0.29, 0.717) is 6.07 Å². The van der Waals surface area contributed by atoms with Crippen molar-refractivity contribution in [3.63, 3.8) is 0 Å². The molecular formula is C8H4F3N3O3. The fourth-order valence-corrected chi connectivity index (χ4v) is 0.952. The summed E-state index contributed by atoms with van der Waals surface area (Å²) >= 11 is 0. The number of carbonyl (C=O) groups is 1.